The van der Waals surface area contributed by atoms with Crippen LogP contribution >= 0.6 is 24.2 Å². The number of unbranched alkanes of at least 4 members (excludes halogenated alkanes) is 5. The molecule has 32 heavy (non-hydrogen) atoms. The first kappa shape index (κ1) is 26.8. The van der Waals surface area contributed by atoms with E-state index in [0.717, 1.165) is 5.92 Å². The van der Waals surface area contributed by atoms with Gasteiger partial charge < -0.3 is 0 Å². The molecule has 1 atom stereocenters. The first-order chi connectivity index (χ1) is 15.3. The second-order valence-corrected chi connectivity index (χ2v) is 13.2. The van der Waals surface area contributed by atoms with E-state index in [-0.39, 0.29) is 17.0 Å². The van der Waals surface area contributed by atoms with Gasteiger partial charge in [0.05, 0.1) is 0 Å². The summed E-state index contributed by atoms with van der Waals surface area (Å²) in [5, 5.41) is 4.63. The van der Waals surface area contributed by atoms with E-state index < -0.39 is 7.26 Å². The zero-order chi connectivity index (χ0) is 21.8. The average Bonchev–Trinajstić information content (AvgIpc) is 2.85. The van der Waals surface area contributed by atoms with Crippen LogP contribution in [0.25, 0.3) is 0 Å². The topological polar surface area (TPSA) is 0 Å². The van der Waals surface area contributed by atoms with Gasteiger partial charge in [0.2, 0.25) is 0 Å². The Bertz CT molecular complexity index is 751. The summed E-state index contributed by atoms with van der Waals surface area (Å²) in [6.45, 7) is 4.70. The van der Waals surface area contributed by atoms with Crippen molar-refractivity contribution >= 4 is 40.2 Å². The van der Waals surface area contributed by atoms with Crippen molar-refractivity contribution in [2.24, 2.45) is 5.92 Å². The summed E-state index contributed by atoms with van der Waals surface area (Å²) in [6.07, 6.45) is 12.3. The summed E-state index contributed by atoms with van der Waals surface area (Å²) in [5.41, 5.74) is 0. The monoisotopic (exact) mass is 512 g/mol. The fourth-order valence-electron chi connectivity index (χ4n) is 4.90. The van der Waals surface area contributed by atoms with Crippen LogP contribution in [0.4, 0.5) is 0 Å². The van der Waals surface area contributed by atoms with Crippen molar-refractivity contribution in [3.8, 4) is 0 Å². The van der Waals surface area contributed by atoms with Crippen molar-refractivity contribution in [1.82, 2.24) is 0 Å². The molecule has 3 aromatic carbocycles. The SMILES string of the molecule is Br.CCC(C)CCCCCCCC[PH](c1ccccc1)(c1ccccc1)c1ccccc1. The molecule has 0 aliphatic rings. The van der Waals surface area contributed by atoms with Crippen LogP contribution in [-0.2, 0) is 0 Å². The molecule has 0 aliphatic carbocycles. The summed E-state index contributed by atoms with van der Waals surface area (Å²) in [6, 6.07) is 34.0. The molecule has 0 saturated heterocycles. The van der Waals surface area contributed by atoms with Gasteiger partial charge in [-0.2, -0.15) is 0 Å². The Kier molecular flexibility index (Phi) is 12.3. The minimum atomic E-state index is -2.02. The quantitative estimate of drug-likeness (QED) is 0.160. The van der Waals surface area contributed by atoms with Crippen LogP contribution in [0.15, 0.2) is 91.0 Å². The van der Waals surface area contributed by atoms with E-state index in [9.17, 15) is 0 Å². The van der Waals surface area contributed by atoms with E-state index in [1.54, 1.807) is 15.9 Å². The first-order valence-electron chi connectivity index (χ1n) is 12.4. The number of benzene rings is 3. The number of hydrogen-bond acceptors (Lipinski definition) is 0. The standard InChI is InChI=1S/C30H41P.BrH/c1-3-27(2)19-11-6-4-5-7-18-26-31(28-20-12-8-13-21-28,29-22-14-9-15-23-29)30-24-16-10-17-25-30;/h8-10,12-17,20-25,27,31H,3-7,11,18-19,26H2,1-2H3;1H. The molecule has 0 N–H and O–H groups in total. The van der Waals surface area contributed by atoms with E-state index in [0.29, 0.717) is 0 Å². The Labute approximate surface area is 208 Å². The van der Waals surface area contributed by atoms with Crippen molar-refractivity contribution in [1.29, 1.82) is 0 Å². The molecule has 0 radical (unpaired) electrons. The molecule has 174 valence electrons. The molecule has 0 amide bonds. The zero-order valence-corrected chi connectivity index (χ0v) is 22.7. The third-order valence-electron chi connectivity index (χ3n) is 7.00. The van der Waals surface area contributed by atoms with Crippen LogP contribution < -0.4 is 15.9 Å². The molecule has 0 fully saturated rings. The Morgan fingerprint density at radius 1 is 0.562 bits per heavy atom. The Morgan fingerprint density at radius 3 is 1.34 bits per heavy atom. The molecule has 2 heteroatoms. The third kappa shape index (κ3) is 7.29. The predicted octanol–water partition coefficient (Wildman–Crippen LogP) is 8.07. The van der Waals surface area contributed by atoms with Gasteiger partial charge in [0.15, 0.2) is 0 Å². The summed E-state index contributed by atoms with van der Waals surface area (Å²) in [5.74, 6) is 0.897. The Morgan fingerprint density at radius 2 is 0.938 bits per heavy atom. The molecule has 3 rings (SSSR count). The predicted molar refractivity (Wildman–Crippen MR) is 154 cm³/mol. The van der Waals surface area contributed by atoms with Crippen molar-refractivity contribution in [2.45, 2.75) is 65.2 Å². The maximum atomic E-state index is 2.39. The Balaban J connectivity index is 0.00000363. The number of halogens is 1. The minimum absolute atomic E-state index is 0. The fourth-order valence-corrected chi connectivity index (χ4v) is 9.83. The van der Waals surface area contributed by atoms with E-state index in [1.165, 1.54) is 57.5 Å². The van der Waals surface area contributed by atoms with Gasteiger partial charge in [-0.05, 0) is 0 Å². The normalized spacial score (nSPS) is 12.7. The molecule has 0 nitrogen and oxygen atoms in total. The van der Waals surface area contributed by atoms with Crippen LogP contribution in [0.1, 0.15) is 65.2 Å². The van der Waals surface area contributed by atoms with Crippen LogP contribution in [-0.4, -0.2) is 6.16 Å². The van der Waals surface area contributed by atoms with Crippen LogP contribution in [0.5, 0.6) is 0 Å². The molecule has 0 saturated carbocycles. The molecule has 3 aromatic rings. The van der Waals surface area contributed by atoms with E-state index >= 15 is 0 Å². The average molecular weight is 514 g/mol. The summed E-state index contributed by atoms with van der Waals surface area (Å²) >= 11 is 0. The van der Waals surface area contributed by atoms with Gasteiger partial charge in [-0.1, -0.05) is 0 Å². The van der Waals surface area contributed by atoms with E-state index in [4.69, 9.17) is 0 Å². The molecule has 0 aromatic heterocycles. The first-order valence-corrected chi connectivity index (χ1v) is 14.6. The summed E-state index contributed by atoms with van der Waals surface area (Å²) in [4.78, 5) is 0. The van der Waals surface area contributed by atoms with Gasteiger partial charge >= 0.3 is 191 Å². The van der Waals surface area contributed by atoms with Gasteiger partial charge in [0.1, 0.15) is 0 Å². The van der Waals surface area contributed by atoms with Crippen molar-refractivity contribution in [2.75, 3.05) is 6.16 Å². The van der Waals surface area contributed by atoms with E-state index in [1.807, 2.05) is 0 Å². The molecule has 0 heterocycles. The maximum absolute atomic E-state index is 2.39. The molecule has 0 spiro atoms. The van der Waals surface area contributed by atoms with Crippen LogP contribution in [0, 0.1) is 5.92 Å². The molecule has 0 bridgehead atoms. The second-order valence-electron chi connectivity index (χ2n) is 9.18. The number of hydrogen-bond donors (Lipinski definition) is 0. The van der Waals surface area contributed by atoms with Gasteiger partial charge in [-0.3, -0.25) is 0 Å². The van der Waals surface area contributed by atoms with Crippen molar-refractivity contribution in [3.05, 3.63) is 91.0 Å². The second kappa shape index (κ2) is 14.7. The molecular weight excluding hydrogens is 471 g/mol. The summed E-state index contributed by atoms with van der Waals surface area (Å²) < 4.78 is 0. The molecular formula is C30H42BrP. The van der Waals surface area contributed by atoms with Gasteiger partial charge in [0, 0.05) is 0 Å². The van der Waals surface area contributed by atoms with Crippen molar-refractivity contribution < 1.29 is 0 Å². The molecule has 0 aliphatic heterocycles. The number of rotatable bonds is 13. The summed E-state index contributed by atoms with van der Waals surface area (Å²) in [7, 11) is -2.02. The molecule has 1 unspecified atom stereocenters. The van der Waals surface area contributed by atoms with Gasteiger partial charge in [-0.15, -0.1) is 17.0 Å². The fraction of sp³-hybridized carbons (Fsp3) is 0.400. The van der Waals surface area contributed by atoms with Crippen molar-refractivity contribution in [3.63, 3.8) is 0 Å². The zero-order valence-electron chi connectivity index (χ0n) is 20.0. The van der Waals surface area contributed by atoms with Crippen LogP contribution in [0.2, 0.25) is 0 Å². The van der Waals surface area contributed by atoms with Crippen LogP contribution in [0.3, 0.4) is 0 Å². The van der Waals surface area contributed by atoms with E-state index in [2.05, 4.69) is 105 Å². The van der Waals surface area contributed by atoms with Gasteiger partial charge in [0.25, 0.3) is 0 Å². The Hall–Kier alpha value is -1.43. The van der Waals surface area contributed by atoms with Gasteiger partial charge in [-0.25, -0.2) is 0 Å². The third-order valence-corrected chi connectivity index (χ3v) is 12.1.